The van der Waals surface area contributed by atoms with Crippen LogP contribution in [-0.2, 0) is 19.6 Å². The van der Waals surface area contributed by atoms with Gasteiger partial charge in [-0.15, -0.1) is 0 Å². The Balaban J connectivity index is 1.38. The largest absolute Gasteiger partial charge is 0.379 e. The van der Waals surface area contributed by atoms with Crippen molar-refractivity contribution in [3.63, 3.8) is 0 Å². The molecule has 1 aromatic rings. The maximum atomic E-state index is 13.5. The van der Waals surface area contributed by atoms with E-state index < -0.39 is 15.6 Å². The molecule has 2 amide bonds. The summed E-state index contributed by atoms with van der Waals surface area (Å²) in [7, 11) is -3.71. The number of amides is 2. The topological polar surface area (TPSA) is 108 Å². The van der Waals surface area contributed by atoms with Gasteiger partial charge in [0.05, 0.1) is 18.1 Å². The van der Waals surface area contributed by atoms with Crippen molar-refractivity contribution in [2.24, 2.45) is 0 Å². The van der Waals surface area contributed by atoms with E-state index in [-0.39, 0.29) is 22.8 Å². The van der Waals surface area contributed by atoms with Crippen LogP contribution in [0.1, 0.15) is 42.5 Å². The van der Waals surface area contributed by atoms with Crippen molar-refractivity contribution < 1.29 is 22.7 Å². The lowest BCUT2D eigenvalue weighted by Crippen LogP contribution is -2.63. The van der Waals surface area contributed by atoms with E-state index in [0.717, 1.165) is 38.9 Å². The normalized spacial score (nSPS) is 23.1. The van der Waals surface area contributed by atoms with E-state index in [9.17, 15) is 18.0 Å². The standard InChI is InChI=1S/C24H34N4O5S/c1-2-22(29)26-20-8-12-28(24(18-20)9-3-10-24)34(31,32)21-6-4-19(5-7-21)23(30)25-11-13-27-14-16-33-17-15-27/h2,4-7,20H,1,3,8-18H2,(H,25,30)(H,26,29). The fraction of sp³-hybridized carbons (Fsp3) is 0.583. The van der Waals surface area contributed by atoms with Gasteiger partial charge < -0.3 is 15.4 Å². The Hall–Kier alpha value is -2.27. The first-order valence-corrected chi connectivity index (χ1v) is 13.4. The van der Waals surface area contributed by atoms with Crippen molar-refractivity contribution in [1.29, 1.82) is 0 Å². The van der Waals surface area contributed by atoms with Crippen LogP contribution in [0, 0.1) is 0 Å². The molecule has 3 aliphatic rings. The SMILES string of the molecule is C=CC(=O)NC1CCN(S(=O)(=O)c2ccc(C(=O)NCCN3CCOCC3)cc2)C2(CCC2)C1. The minimum absolute atomic E-state index is 0.0548. The molecule has 0 bridgehead atoms. The van der Waals surface area contributed by atoms with Gasteiger partial charge >= 0.3 is 0 Å². The highest BCUT2D eigenvalue weighted by atomic mass is 32.2. The van der Waals surface area contributed by atoms with Gasteiger partial charge in [-0.25, -0.2) is 8.42 Å². The number of nitrogens with zero attached hydrogens (tertiary/aromatic N) is 2. The van der Waals surface area contributed by atoms with Crippen molar-refractivity contribution >= 4 is 21.8 Å². The molecule has 186 valence electrons. The third-order valence-corrected chi connectivity index (χ3v) is 9.19. The van der Waals surface area contributed by atoms with Crippen LogP contribution in [0.3, 0.4) is 0 Å². The van der Waals surface area contributed by atoms with Crippen LogP contribution < -0.4 is 10.6 Å². The van der Waals surface area contributed by atoms with Crippen molar-refractivity contribution in [3.8, 4) is 0 Å². The molecule has 1 aliphatic carbocycles. The van der Waals surface area contributed by atoms with Crippen LogP contribution >= 0.6 is 0 Å². The fourth-order valence-corrected chi connectivity index (χ4v) is 6.98. The van der Waals surface area contributed by atoms with Crippen LogP contribution in [0.2, 0.25) is 0 Å². The van der Waals surface area contributed by atoms with E-state index >= 15 is 0 Å². The molecule has 2 aliphatic heterocycles. The quantitative estimate of drug-likeness (QED) is 0.529. The smallest absolute Gasteiger partial charge is 0.251 e. The lowest BCUT2D eigenvalue weighted by Gasteiger charge is -2.54. The Morgan fingerprint density at radius 1 is 1.15 bits per heavy atom. The highest BCUT2D eigenvalue weighted by Crippen LogP contribution is 2.46. The lowest BCUT2D eigenvalue weighted by molar-refractivity contribution is -0.117. The first kappa shape index (κ1) is 24.8. The van der Waals surface area contributed by atoms with Crippen LogP contribution in [0.25, 0.3) is 0 Å². The second kappa shape index (κ2) is 10.6. The number of hydrogen-bond donors (Lipinski definition) is 2. The van der Waals surface area contributed by atoms with Crippen LogP contribution in [0.4, 0.5) is 0 Å². The highest BCUT2D eigenvalue weighted by Gasteiger charge is 2.51. The summed E-state index contributed by atoms with van der Waals surface area (Å²) >= 11 is 0. The van der Waals surface area contributed by atoms with Crippen molar-refractivity contribution in [3.05, 3.63) is 42.5 Å². The average Bonchev–Trinajstić information content (AvgIpc) is 2.83. The van der Waals surface area contributed by atoms with Gasteiger partial charge in [-0.1, -0.05) is 6.58 Å². The third kappa shape index (κ3) is 5.35. The molecule has 1 unspecified atom stereocenters. The van der Waals surface area contributed by atoms with Gasteiger partial charge in [0.1, 0.15) is 0 Å². The number of benzene rings is 1. The molecule has 2 heterocycles. The van der Waals surface area contributed by atoms with Gasteiger partial charge in [0.2, 0.25) is 15.9 Å². The molecule has 34 heavy (non-hydrogen) atoms. The maximum Gasteiger partial charge on any atom is 0.251 e. The zero-order valence-electron chi connectivity index (χ0n) is 19.5. The molecule has 2 N–H and O–H groups in total. The first-order valence-electron chi connectivity index (χ1n) is 12.0. The molecule has 1 spiro atoms. The predicted octanol–water partition coefficient (Wildman–Crippen LogP) is 1.13. The van der Waals surface area contributed by atoms with Gasteiger partial charge in [-0.2, -0.15) is 4.31 Å². The zero-order valence-corrected chi connectivity index (χ0v) is 20.3. The number of nitrogens with one attached hydrogen (secondary N) is 2. The third-order valence-electron chi connectivity index (χ3n) is 7.17. The molecule has 0 radical (unpaired) electrons. The molecule has 10 heteroatoms. The minimum atomic E-state index is -3.71. The number of rotatable bonds is 8. The highest BCUT2D eigenvalue weighted by molar-refractivity contribution is 7.89. The van der Waals surface area contributed by atoms with Crippen molar-refractivity contribution in [2.45, 2.75) is 48.6 Å². The Morgan fingerprint density at radius 3 is 2.47 bits per heavy atom. The van der Waals surface area contributed by atoms with E-state index in [1.165, 1.54) is 18.2 Å². The monoisotopic (exact) mass is 490 g/mol. The van der Waals surface area contributed by atoms with Gasteiger partial charge in [0.15, 0.2) is 0 Å². The van der Waals surface area contributed by atoms with E-state index in [1.54, 1.807) is 16.4 Å². The van der Waals surface area contributed by atoms with E-state index in [0.29, 0.717) is 44.7 Å². The second-order valence-corrected chi connectivity index (χ2v) is 11.2. The summed E-state index contributed by atoms with van der Waals surface area (Å²) in [5.74, 6) is -0.443. The Labute approximate surface area is 201 Å². The number of sulfonamides is 1. The summed E-state index contributed by atoms with van der Waals surface area (Å²) in [5.41, 5.74) is -0.0173. The van der Waals surface area contributed by atoms with Crippen molar-refractivity contribution in [1.82, 2.24) is 19.8 Å². The number of hydrogen-bond acceptors (Lipinski definition) is 6. The summed E-state index contributed by atoms with van der Waals surface area (Å²) in [6.07, 6.45) is 4.96. The van der Waals surface area contributed by atoms with Crippen molar-refractivity contribution in [2.75, 3.05) is 45.9 Å². The fourth-order valence-electron chi connectivity index (χ4n) is 5.13. The summed E-state index contributed by atoms with van der Waals surface area (Å²) < 4.78 is 34.0. The molecule has 1 aromatic carbocycles. The molecular formula is C24H34N4O5S. The Morgan fingerprint density at radius 2 is 1.85 bits per heavy atom. The summed E-state index contributed by atoms with van der Waals surface area (Å²) in [6.45, 7) is 8.29. The van der Waals surface area contributed by atoms with Gasteiger partial charge in [-0.05, 0) is 62.4 Å². The minimum Gasteiger partial charge on any atom is -0.379 e. The zero-order chi connectivity index (χ0) is 24.2. The molecule has 9 nitrogen and oxygen atoms in total. The molecule has 0 aromatic heterocycles. The molecule has 2 saturated heterocycles. The van der Waals surface area contributed by atoms with Gasteiger partial charge in [0.25, 0.3) is 5.91 Å². The summed E-state index contributed by atoms with van der Waals surface area (Å²) in [4.78, 5) is 26.7. The predicted molar refractivity (Wildman–Crippen MR) is 128 cm³/mol. The van der Waals surface area contributed by atoms with Gasteiger partial charge in [0, 0.05) is 49.9 Å². The van der Waals surface area contributed by atoms with Crippen LogP contribution in [-0.4, -0.2) is 87.0 Å². The van der Waals surface area contributed by atoms with E-state index in [4.69, 9.17) is 4.74 Å². The average molecular weight is 491 g/mol. The molecule has 1 saturated carbocycles. The summed E-state index contributed by atoms with van der Waals surface area (Å²) in [5, 5.41) is 5.83. The molecule has 4 rings (SSSR count). The number of carbonyl (C=O) groups excluding carboxylic acids is 2. The van der Waals surface area contributed by atoms with Crippen LogP contribution in [0.15, 0.2) is 41.8 Å². The number of carbonyl (C=O) groups is 2. The lowest BCUT2D eigenvalue weighted by atomic mass is 9.70. The number of morpholine rings is 1. The number of ether oxygens (including phenoxy) is 1. The van der Waals surface area contributed by atoms with Gasteiger partial charge in [-0.3, -0.25) is 14.5 Å². The van der Waals surface area contributed by atoms with E-state index in [2.05, 4.69) is 22.1 Å². The number of piperidine rings is 1. The summed E-state index contributed by atoms with van der Waals surface area (Å²) in [6, 6.07) is 6.12. The molecule has 3 fully saturated rings. The van der Waals surface area contributed by atoms with E-state index in [1.807, 2.05) is 0 Å². The second-order valence-electron chi connectivity index (χ2n) is 9.29. The van der Waals surface area contributed by atoms with Crippen LogP contribution in [0.5, 0.6) is 0 Å². The molecule has 1 atom stereocenters. The Bertz CT molecular complexity index is 1000. The molecular weight excluding hydrogens is 456 g/mol. The maximum absolute atomic E-state index is 13.5. The first-order chi connectivity index (χ1) is 16.3. The Kier molecular flexibility index (Phi) is 7.71.